The summed E-state index contributed by atoms with van der Waals surface area (Å²) >= 11 is 0. The van der Waals surface area contributed by atoms with Gasteiger partial charge in [-0.3, -0.25) is 0 Å². The summed E-state index contributed by atoms with van der Waals surface area (Å²) in [4.78, 5) is 8.83. The molecule has 2 aromatic rings. The molecular formula is C15H16N4O. The summed E-state index contributed by atoms with van der Waals surface area (Å²) in [6.45, 7) is 4.78. The molecule has 0 radical (unpaired) electrons. The van der Waals surface area contributed by atoms with Crippen LogP contribution < -0.4 is 5.01 Å². The molecule has 0 saturated heterocycles. The average Bonchev–Trinajstić information content (AvgIpc) is 2.47. The van der Waals surface area contributed by atoms with Crippen molar-refractivity contribution in [3.63, 3.8) is 0 Å². The number of benzene rings is 1. The highest BCUT2D eigenvalue weighted by Gasteiger charge is 2.17. The van der Waals surface area contributed by atoms with Crippen molar-refractivity contribution in [1.82, 2.24) is 9.97 Å². The monoisotopic (exact) mass is 268 g/mol. The minimum absolute atomic E-state index is 0.374. The number of nitrogens with zero attached hydrogens (tertiary/aromatic N) is 4. The molecule has 1 aromatic carbocycles. The summed E-state index contributed by atoms with van der Waals surface area (Å²) in [5, 5.41) is 6.30. The van der Waals surface area contributed by atoms with Crippen LogP contribution >= 0.6 is 0 Å². The number of anilines is 1. The zero-order chi connectivity index (χ0) is 13.9. The van der Waals surface area contributed by atoms with E-state index in [-0.39, 0.29) is 0 Å². The number of aryl methyl sites for hydroxylation is 2. The molecule has 0 aliphatic carbocycles. The first-order valence-electron chi connectivity index (χ1n) is 6.53. The molecule has 20 heavy (non-hydrogen) atoms. The highest BCUT2D eigenvalue weighted by Crippen LogP contribution is 2.15. The second-order valence-corrected chi connectivity index (χ2v) is 4.74. The summed E-state index contributed by atoms with van der Waals surface area (Å²) < 4.78 is 5.60. The number of ether oxygens (including phenoxy) is 1. The number of hydrazone groups is 1. The van der Waals surface area contributed by atoms with Crippen LogP contribution in [0.25, 0.3) is 0 Å². The predicted octanol–water partition coefficient (Wildman–Crippen LogP) is 2.29. The van der Waals surface area contributed by atoms with Crippen LogP contribution in [-0.2, 0) is 4.74 Å². The van der Waals surface area contributed by atoms with Gasteiger partial charge in [-0.2, -0.15) is 5.10 Å². The summed E-state index contributed by atoms with van der Waals surface area (Å²) in [7, 11) is 0. The maximum Gasteiger partial charge on any atom is 0.248 e. The second-order valence-electron chi connectivity index (χ2n) is 4.74. The number of hydrogen-bond donors (Lipinski definition) is 0. The highest BCUT2D eigenvalue weighted by molar-refractivity contribution is 6.02. The van der Waals surface area contributed by atoms with E-state index >= 15 is 0 Å². The number of hydrogen-bond acceptors (Lipinski definition) is 5. The summed E-state index contributed by atoms with van der Waals surface area (Å²) in [6, 6.07) is 11.9. The molecule has 1 aliphatic heterocycles. The Balaban J connectivity index is 1.94. The van der Waals surface area contributed by atoms with Gasteiger partial charge in [0.15, 0.2) is 0 Å². The Morgan fingerprint density at radius 2 is 1.75 bits per heavy atom. The van der Waals surface area contributed by atoms with E-state index in [1.54, 1.807) is 5.01 Å². The maximum atomic E-state index is 5.60. The first kappa shape index (κ1) is 12.7. The largest absolute Gasteiger partial charge is 0.353 e. The van der Waals surface area contributed by atoms with Crippen LogP contribution in [0.4, 0.5) is 5.95 Å². The van der Waals surface area contributed by atoms with Crippen molar-refractivity contribution in [2.75, 3.05) is 18.3 Å². The van der Waals surface area contributed by atoms with Gasteiger partial charge in [0.2, 0.25) is 5.95 Å². The maximum absolute atomic E-state index is 5.60. The Labute approximate surface area is 117 Å². The molecule has 0 atom stereocenters. The molecule has 0 fully saturated rings. The van der Waals surface area contributed by atoms with Gasteiger partial charge < -0.3 is 4.74 Å². The molecule has 0 bridgehead atoms. The molecule has 0 spiro atoms. The minimum atomic E-state index is 0.374. The molecule has 2 heterocycles. The molecule has 0 saturated carbocycles. The lowest BCUT2D eigenvalue weighted by molar-refractivity contribution is 0.160. The van der Waals surface area contributed by atoms with Crippen LogP contribution in [-0.4, -0.2) is 29.0 Å². The lowest BCUT2D eigenvalue weighted by Gasteiger charge is -2.24. The van der Waals surface area contributed by atoms with E-state index in [2.05, 4.69) is 15.1 Å². The lowest BCUT2D eigenvalue weighted by atomic mass is 10.1. The minimum Gasteiger partial charge on any atom is -0.353 e. The SMILES string of the molecule is Cc1cc(C)nc(N2COCC(c3ccccc3)=N2)n1. The van der Waals surface area contributed by atoms with Crippen molar-refractivity contribution in [2.45, 2.75) is 13.8 Å². The van der Waals surface area contributed by atoms with Crippen molar-refractivity contribution >= 4 is 11.7 Å². The van der Waals surface area contributed by atoms with Crippen LogP contribution in [0.3, 0.4) is 0 Å². The summed E-state index contributed by atoms with van der Waals surface area (Å²) in [6.07, 6.45) is 0. The third-order valence-corrected chi connectivity index (χ3v) is 3.00. The van der Waals surface area contributed by atoms with Gasteiger partial charge in [0.1, 0.15) is 6.73 Å². The van der Waals surface area contributed by atoms with E-state index in [4.69, 9.17) is 4.74 Å². The normalized spacial score (nSPS) is 15.1. The van der Waals surface area contributed by atoms with Crippen LogP contribution in [0.5, 0.6) is 0 Å². The standard InChI is InChI=1S/C15H16N4O/c1-11-8-12(2)17-15(16-11)19-10-20-9-14(18-19)13-6-4-3-5-7-13/h3-8H,9-10H2,1-2H3. The first-order valence-corrected chi connectivity index (χ1v) is 6.53. The van der Waals surface area contributed by atoms with Gasteiger partial charge in [-0.25, -0.2) is 15.0 Å². The fraction of sp³-hybridized carbons (Fsp3) is 0.267. The zero-order valence-electron chi connectivity index (χ0n) is 11.6. The Morgan fingerprint density at radius 1 is 1.05 bits per heavy atom. The quantitative estimate of drug-likeness (QED) is 0.838. The molecule has 5 nitrogen and oxygen atoms in total. The molecule has 1 aromatic heterocycles. The topological polar surface area (TPSA) is 50.6 Å². The molecule has 0 amide bonds. The third-order valence-electron chi connectivity index (χ3n) is 3.00. The van der Waals surface area contributed by atoms with E-state index in [9.17, 15) is 0 Å². The molecule has 102 valence electrons. The van der Waals surface area contributed by atoms with E-state index in [1.165, 1.54) is 0 Å². The van der Waals surface area contributed by atoms with E-state index in [1.807, 2.05) is 50.2 Å². The van der Waals surface area contributed by atoms with Crippen molar-refractivity contribution in [3.05, 3.63) is 53.3 Å². The van der Waals surface area contributed by atoms with Crippen molar-refractivity contribution in [2.24, 2.45) is 5.10 Å². The highest BCUT2D eigenvalue weighted by atomic mass is 16.5. The Hall–Kier alpha value is -2.27. The molecule has 5 heteroatoms. The van der Waals surface area contributed by atoms with Gasteiger partial charge in [-0.15, -0.1) is 0 Å². The van der Waals surface area contributed by atoms with E-state index < -0.39 is 0 Å². The molecule has 0 N–H and O–H groups in total. The Bertz CT molecular complexity index is 619. The zero-order valence-corrected chi connectivity index (χ0v) is 11.6. The van der Waals surface area contributed by atoms with Crippen LogP contribution in [0.2, 0.25) is 0 Å². The second kappa shape index (κ2) is 5.38. The van der Waals surface area contributed by atoms with Gasteiger partial charge in [0.05, 0.1) is 12.3 Å². The smallest absolute Gasteiger partial charge is 0.248 e. The molecule has 1 aliphatic rings. The molecular weight excluding hydrogens is 252 g/mol. The van der Waals surface area contributed by atoms with Gasteiger partial charge in [0.25, 0.3) is 0 Å². The Kier molecular flexibility index (Phi) is 3.43. The summed E-state index contributed by atoms with van der Waals surface area (Å²) in [5.74, 6) is 0.579. The average molecular weight is 268 g/mol. The van der Waals surface area contributed by atoms with Crippen LogP contribution in [0, 0.1) is 13.8 Å². The van der Waals surface area contributed by atoms with Crippen molar-refractivity contribution < 1.29 is 4.74 Å². The van der Waals surface area contributed by atoms with Gasteiger partial charge in [0, 0.05) is 17.0 Å². The predicted molar refractivity (Wildman–Crippen MR) is 77.8 cm³/mol. The number of aromatic nitrogens is 2. The van der Waals surface area contributed by atoms with Gasteiger partial charge in [-0.05, 0) is 19.9 Å². The van der Waals surface area contributed by atoms with E-state index in [0.29, 0.717) is 19.3 Å². The molecule has 0 unspecified atom stereocenters. The Morgan fingerprint density at radius 3 is 2.45 bits per heavy atom. The first-order chi connectivity index (χ1) is 9.72. The fourth-order valence-corrected chi connectivity index (χ4v) is 2.13. The van der Waals surface area contributed by atoms with Crippen LogP contribution in [0.1, 0.15) is 17.0 Å². The summed E-state index contributed by atoms with van der Waals surface area (Å²) in [5.41, 5.74) is 3.80. The third kappa shape index (κ3) is 2.67. The molecule has 3 rings (SSSR count). The van der Waals surface area contributed by atoms with Gasteiger partial charge >= 0.3 is 0 Å². The van der Waals surface area contributed by atoms with Gasteiger partial charge in [-0.1, -0.05) is 30.3 Å². The fourth-order valence-electron chi connectivity index (χ4n) is 2.13. The van der Waals surface area contributed by atoms with Crippen LogP contribution in [0.15, 0.2) is 41.5 Å². The number of rotatable bonds is 2. The van der Waals surface area contributed by atoms with Crippen molar-refractivity contribution in [1.29, 1.82) is 0 Å². The lowest BCUT2D eigenvalue weighted by Crippen LogP contribution is -2.32. The van der Waals surface area contributed by atoms with Crippen molar-refractivity contribution in [3.8, 4) is 0 Å². The van der Waals surface area contributed by atoms with E-state index in [0.717, 1.165) is 22.7 Å².